The van der Waals surface area contributed by atoms with Gasteiger partial charge in [-0.1, -0.05) is 18.2 Å². The van der Waals surface area contributed by atoms with Crippen LogP contribution >= 0.6 is 0 Å². The maximum absolute atomic E-state index is 12.3. The smallest absolute Gasteiger partial charge is 0.405 e. The summed E-state index contributed by atoms with van der Waals surface area (Å²) in [4.78, 5) is 24.1. The fourth-order valence-corrected chi connectivity index (χ4v) is 2.43. The van der Waals surface area contributed by atoms with Gasteiger partial charge in [-0.25, -0.2) is 0 Å². The van der Waals surface area contributed by atoms with Gasteiger partial charge in [0.15, 0.2) is 11.5 Å². The van der Waals surface area contributed by atoms with Gasteiger partial charge in [0.2, 0.25) is 12.7 Å². The van der Waals surface area contributed by atoms with Gasteiger partial charge in [-0.2, -0.15) is 13.2 Å². The fourth-order valence-electron chi connectivity index (χ4n) is 2.43. The summed E-state index contributed by atoms with van der Waals surface area (Å²) in [6, 6.07) is 10.9. The molecule has 0 radical (unpaired) electrons. The second kappa shape index (κ2) is 8.03. The van der Waals surface area contributed by atoms with E-state index in [0.717, 1.165) is 0 Å². The monoisotopic (exact) mass is 392 g/mol. The molecule has 0 fully saturated rings. The molecule has 28 heavy (non-hydrogen) atoms. The zero-order valence-corrected chi connectivity index (χ0v) is 14.4. The molecule has 3 rings (SSSR count). The Kier molecular flexibility index (Phi) is 5.53. The van der Waals surface area contributed by atoms with Crippen molar-refractivity contribution in [3.63, 3.8) is 0 Å². The molecule has 1 heterocycles. The lowest BCUT2D eigenvalue weighted by molar-refractivity contribution is -0.123. The largest absolute Gasteiger partial charge is 0.454 e. The molecule has 2 amide bonds. The van der Waals surface area contributed by atoms with Crippen molar-refractivity contribution in [2.75, 3.05) is 18.7 Å². The Labute approximate surface area is 157 Å². The van der Waals surface area contributed by atoms with Crippen LogP contribution in [-0.2, 0) is 4.79 Å². The van der Waals surface area contributed by atoms with E-state index in [-0.39, 0.29) is 18.0 Å². The highest BCUT2D eigenvalue weighted by molar-refractivity contribution is 6.07. The number of amides is 2. The van der Waals surface area contributed by atoms with Gasteiger partial charge in [0.25, 0.3) is 5.91 Å². The summed E-state index contributed by atoms with van der Waals surface area (Å²) < 4.78 is 47.3. The third-order valence-corrected chi connectivity index (χ3v) is 3.70. The minimum Gasteiger partial charge on any atom is -0.454 e. The first-order chi connectivity index (χ1) is 13.3. The standard InChI is InChI=1S/C19H15F3N2O4/c20-19(21,22)10-23-18(26)13-3-1-2-4-14(13)24-17(25)8-6-12-5-7-15-16(9-12)28-11-27-15/h1-9H,10-11H2,(H,23,26)(H,24,25)/b8-6+. The zero-order chi connectivity index (χ0) is 20.1. The zero-order valence-electron chi connectivity index (χ0n) is 14.4. The third kappa shape index (κ3) is 5.03. The van der Waals surface area contributed by atoms with E-state index < -0.39 is 24.5 Å². The summed E-state index contributed by atoms with van der Waals surface area (Å²) in [6.07, 6.45) is -1.76. The van der Waals surface area contributed by atoms with Crippen LogP contribution < -0.4 is 20.1 Å². The number of nitrogens with one attached hydrogen (secondary N) is 2. The van der Waals surface area contributed by atoms with Gasteiger partial charge in [0.05, 0.1) is 11.3 Å². The summed E-state index contributed by atoms with van der Waals surface area (Å²) >= 11 is 0. The number of carbonyl (C=O) groups is 2. The summed E-state index contributed by atoms with van der Waals surface area (Å²) in [5.74, 6) is -0.309. The van der Waals surface area contributed by atoms with Gasteiger partial charge in [-0.3, -0.25) is 9.59 Å². The van der Waals surface area contributed by atoms with Crippen molar-refractivity contribution in [2.24, 2.45) is 0 Å². The molecule has 146 valence electrons. The summed E-state index contributed by atoms with van der Waals surface area (Å²) in [6.45, 7) is -1.33. The molecule has 6 nitrogen and oxygen atoms in total. The average Bonchev–Trinajstić information content (AvgIpc) is 3.12. The van der Waals surface area contributed by atoms with Crippen molar-refractivity contribution in [2.45, 2.75) is 6.18 Å². The number of halogens is 3. The number of alkyl halides is 3. The first kappa shape index (κ1) is 19.3. The maximum atomic E-state index is 12.3. The predicted molar refractivity (Wildman–Crippen MR) is 95.1 cm³/mol. The number of fused-ring (bicyclic) bond motifs is 1. The number of ether oxygens (including phenoxy) is 2. The Balaban J connectivity index is 1.66. The Bertz CT molecular complexity index is 926. The van der Waals surface area contributed by atoms with Crippen LogP contribution in [0.4, 0.5) is 18.9 Å². The molecule has 2 aromatic carbocycles. The van der Waals surface area contributed by atoms with E-state index in [1.165, 1.54) is 30.4 Å². The normalized spacial score (nSPS) is 12.8. The summed E-state index contributed by atoms with van der Waals surface area (Å²) in [5, 5.41) is 4.26. The quantitative estimate of drug-likeness (QED) is 0.765. The van der Waals surface area contributed by atoms with Gasteiger partial charge in [0.1, 0.15) is 6.54 Å². The Morgan fingerprint density at radius 2 is 1.82 bits per heavy atom. The maximum Gasteiger partial charge on any atom is 0.405 e. The van der Waals surface area contributed by atoms with Crippen molar-refractivity contribution in [1.82, 2.24) is 5.32 Å². The number of carbonyl (C=O) groups excluding carboxylic acids is 2. The molecule has 2 aromatic rings. The van der Waals surface area contributed by atoms with Crippen molar-refractivity contribution < 1.29 is 32.2 Å². The molecule has 0 atom stereocenters. The summed E-state index contributed by atoms with van der Waals surface area (Å²) in [7, 11) is 0. The number of rotatable bonds is 5. The number of hydrogen-bond donors (Lipinski definition) is 2. The Morgan fingerprint density at radius 1 is 1.07 bits per heavy atom. The minimum absolute atomic E-state index is 0.0726. The average molecular weight is 392 g/mol. The minimum atomic E-state index is -4.53. The lowest BCUT2D eigenvalue weighted by Crippen LogP contribution is -2.34. The molecule has 0 saturated carbocycles. The van der Waals surface area contributed by atoms with Crippen molar-refractivity contribution in [1.29, 1.82) is 0 Å². The highest BCUT2D eigenvalue weighted by Gasteiger charge is 2.28. The molecule has 0 bridgehead atoms. The van der Waals surface area contributed by atoms with E-state index in [1.54, 1.807) is 29.6 Å². The van der Waals surface area contributed by atoms with E-state index in [1.807, 2.05) is 0 Å². The second-order valence-corrected chi connectivity index (χ2v) is 5.78. The number of anilines is 1. The van der Waals surface area contributed by atoms with E-state index in [9.17, 15) is 22.8 Å². The van der Waals surface area contributed by atoms with Gasteiger partial charge < -0.3 is 20.1 Å². The highest BCUT2D eigenvalue weighted by Crippen LogP contribution is 2.32. The third-order valence-electron chi connectivity index (χ3n) is 3.70. The molecule has 9 heteroatoms. The Hall–Kier alpha value is -3.49. The lowest BCUT2D eigenvalue weighted by Gasteiger charge is -2.11. The molecule has 0 unspecified atom stereocenters. The molecular formula is C19H15F3N2O4. The SMILES string of the molecule is O=C(/C=C/c1ccc2c(c1)OCO2)Nc1ccccc1C(=O)NCC(F)(F)F. The first-order valence-corrected chi connectivity index (χ1v) is 8.14. The van der Waals surface area contributed by atoms with Gasteiger partial charge in [-0.15, -0.1) is 0 Å². The fraction of sp³-hybridized carbons (Fsp3) is 0.158. The molecule has 0 saturated heterocycles. The van der Waals surface area contributed by atoms with Crippen LogP contribution in [0.3, 0.4) is 0 Å². The molecular weight excluding hydrogens is 377 g/mol. The van der Waals surface area contributed by atoms with E-state index in [2.05, 4.69) is 5.32 Å². The summed E-state index contributed by atoms with van der Waals surface area (Å²) in [5.41, 5.74) is 0.717. The van der Waals surface area contributed by atoms with E-state index in [4.69, 9.17) is 9.47 Å². The topological polar surface area (TPSA) is 76.7 Å². The molecule has 0 spiro atoms. The van der Waals surface area contributed by atoms with Crippen molar-refractivity contribution >= 4 is 23.6 Å². The van der Waals surface area contributed by atoms with Gasteiger partial charge in [0, 0.05) is 6.08 Å². The predicted octanol–water partition coefficient (Wildman–Crippen LogP) is 3.36. The van der Waals surface area contributed by atoms with Crippen LogP contribution in [0.5, 0.6) is 11.5 Å². The second-order valence-electron chi connectivity index (χ2n) is 5.78. The Morgan fingerprint density at radius 3 is 2.61 bits per heavy atom. The van der Waals surface area contributed by atoms with Crippen LogP contribution in [0.2, 0.25) is 0 Å². The molecule has 1 aliphatic heterocycles. The van der Waals surface area contributed by atoms with Crippen LogP contribution in [0.15, 0.2) is 48.5 Å². The molecule has 0 aromatic heterocycles. The van der Waals surface area contributed by atoms with Crippen LogP contribution in [0.25, 0.3) is 6.08 Å². The molecule has 2 N–H and O–H groups in total. The number of hydrogen-bond acceptors (Lipinski definition) is 4. The molecule has 1 aliphatic rings. The van der Waals surface area contributed by atoms with Crippen molar-refractivity contribution in [3.8, 4) is 11.5 Å². The number of para-hydroxylation sites is 1. The van der Waals surface area contributed by atoms with E-state index >= 15 is 0 Å². The van der Waals surface area contributed by atoms with Crippen LogP contribution in [0, 0.1) is 0 Å². The first-order valence-electron chi connectivity index (χ1n) is 8.14. The van der Waals surface area contributed by atoms with Gasteiger partial charge >= 0.3 is 6.18 Å². The van der Waals surface area contributed by atoms with Crippen LogP contribution in [0.1, 0.15) is 15.9 Å². The van der Waals surface area contributed by atoms with Gasteiger partial charge in [-0.05, 0) is 35.9 Å². The van der Waals surface area contributed by atoms with Crippen LogP contribution in [-0.4, -0.2) is 31.3 Å². The number of benzene rings is 2. The van der Waals surface area contributed by atoms with Crippen molar-refractivity contribution in [3.05, 3.63) is 59.7 Å². The molecule has 0 aliphatic carbocycles. The lowest BCUT2D eigenvalue weighted by atomic mass is 10.1. The highest BCUT2D eigenvalue weighted by atomic mass is 19.4. The van der Waals surface area contributed by atoms with E-state index in [0.29, 0.717) is 17.1 Å².